The Morgan fingerprint density at radius 2 is 1.70 bits per heavy atom. The lowest BCUT2D eigenvalue weighted by atomic mass is 10.2. The first kappa shape index (κ1) is 17.0. The normalized spacial score (nSPS) is 11.1. The van der Waals surface area contributed by atoms with Crippen molar-refractivity contribution in [1.82, 2.24) is 0 Å². The summed E-state index contributed by atoms with van der Waals surface area (Å²) in [6.45, 7) is 5.51. The van der Waals surface area contributed by atoms with Crippen LogP contribution in [0.2, 0.25) is 0 Å². The summed E-state index contributed by atoms with van der Waals surface area (Å²) < 4.78 is 34.8. The summed E-state index contributed by atoms with van der Waals surface area (Å²) in [7, 11) is -3.93. The van der Waals surface area contributed by atoms with Gasteiger partial charge in [0, 0.05) is 0 Å². The van der Waals surface area contributed by atoms with Crippen LogP contribution in [-0.2, 0) is 14.9 Å². The molecule has 0 aliphatic carbocycles. The lowest BCUT2D eigenvalue weighted by molar-refractivity contribution is 0.0526. The third-order valence-electron chi connectivity index (χ3n) is 3.18. The van der Waals surface area contributed by atoms with Crippen LogP contribution in [0.3, 0.4) is 0 Å². The van der Waals surface area contributed by atoms with Crippen LogP contribution in [0.25, 0.3) is 0 Å². The second-order valence-corrected chi connectivity index (χ2v) is 6.57. The number of esters is 1. The Kier molecular flexibility index (Phi) is 5.05. The molecule has 0 fully saturated rings. The highest BCUT2D eigenvalue weighted by atomic mass is 32.2. The minimum absolute atomic E-state index is 0.131. The van der Waals surface area contributed by atoms with E-state index in [4.69, 9.17) is 8.92 Å². The van der Waals surface area contributed by atoms with Crippen molar-refractivity contribution >= 4 is 16.1 Å². The second-order valence-electron chi connectivity index (χ2n) is 5.05. The maximum absolute atomic E-state index is 12.4. The molecule has 122 valence electrons. The van der Waals surface area contributed by atoms with Gasteiger partial charge in [0.15, 0.2) is 0 Å². The van der Waals surface area contributed by atoms with Gasteiger partial charge in [-0.2, -0.15) is 8.42 Å². The Hall–Kier alpha value is -2.34. The Balaban J connectivity index is 2.24. The highest BCUT2D eigenvalue weighted by Crippen LogP contribution is 2.22. The van der Waals surface area contributed by atoms with Gasteiger partial charge in [0.25, 0.3) is 0 Å². The van der Waals surface area contributed by atoms with Crippen molar-refractivity contribution in [2.24, 2.45) is 0 Å². The average Bonchev–Trinajstić information content (AvgIpc) is 2.50. The quantitative estimate of drug-likeness (QED) is 0.620. The molecule has 2 rings (SSSR count). The zero-order chi connectivity index (χ0) is 17.0. The fourth-order valence-corrected chi connectivity index (χ4v) is 3.26. The lowest BCUT2D eigenvalue weighted by Gasteiger charge is -2.10. The summed E-state index contributed by atoms with van der Waals surface area (Å²) in [6, 6.07) is 10.9. The maximum Gasteiger partial charge on any atom is 0.339 e. The average molecular weight is 334 g/mol. The van der Waals surface area contributed by atoms with E-state index in [-0.39, 0.29) is 17.3 Å². The molecule has 0 atom stereocenters. The van der Waals surface area contributed by atoms with E-state index in [0.717, 1.165) is 5.56 Å². The van der Waals surface area contributed by atoms with Crippen molar-refractivity contribution in [3.63, 3.8) is 0 Å². The number of hydrogen-bond donors (Lipinski definition) is 0. The van der Waals surface area contributed by atoms with E-state index in [0.29, 0.717) is 11.1 Å². The van der Waals surface area contributed by atoms with Gasteiger partial charge in [-0.05, 0) is 62.2 Å². The first-order valence-electron chi connectivity index (χ1n) is 7.12. The van der Waals surface area contributed by atoms with Gasteiger partial charge >= 0.3 is 16.1 Å². The van der Waals surface area contributed by atoms with Crippen molar-refractivity contribution in [2.45, 2.75) is 25.7 Å². The molecular weight excluding hydrogens is 316 g/mol. The molecule has 2 aromatic carbocycles. The minimum Gasteiger partial charge on any atom is -0.462 e. The van der Waals surface area contributed by atoms with Gasteiger partial charge in [0.05, 0.1) is 12.2 Å². The summed E-state index contributed by atoms with van der Waals surface area (Å²) in [6.07, 6.45) is 0. The SMILES string of the molecule is CCOC(=O)c1ccc(OS(=O)(=O)c2cc(C)ccc2C)cc1. The molecule has 0 amide bonds. The van der Waals surface area contributed by atoms with Crippen molar-refractivity contribution in [2.75, 3.05) is 6.61 Å². The van der Waals surface area contributed by atoms with E-state index < -0.39 is 16.1 Å². The molecule has 0 radical (unpaired) electrons. The van der Waals surface area contributed by atoms with E-state index in [1.807, 2.05) is 13.0 Å². The largest absolute Gasteiger partial charge is 0.462 e. The highest BCUT2D eigenvalue weighted by molar-refractivity contribution is 7.87. The van der Waals surface area contributed by atoms with Gasteiger partial charge in [-0.1, -0.05) is 12.1 Å². The van der Waals surface area contributed by atoms with Gasteiger partial charge in [-0.3, -0.25) is 0 Å². The van der Waals surface area contributed by atoms with Gasteiger partial charge in [-0.15, -0.1) is 0 Å². The first-order valence-corrected chi connectivity index (χ1v) is 8.53. The summed E-state index contributed by atoms with van der Waals surface area (Å²) in [4.78, 5) is 11.7. The summed E-state index contributed by atoms with van der Waals surface area (Å²) >= 11 is 0. The maximum atomic E-state index is 12.4. The predicted octanol–water partition coefficient (Wildman–Crippen LogP) is 3.25. The molecule has 2 aromatic rings. The van der Waals surface area contributed by atoms with Crippen molar-refractivity contribution in [1.29, 1.82) is 0 Å². The molecule has 0 aliphatic heterocycles. The lowest BCUT2D eigenvalue weighted by Crippen LogP contribution is -2.12. The van der Waals surface area contributed by atoms with Gasteiger partial charge in [0.2, 0.25) is 0 Å². The van der Waals surface area contributed by atoms with E-state index in [9.17, 15) is 13.2 Å². The molecule has 0 aliphatic rings. The van der Waals surface area contributed by atoms with Crippen LogP contribution >= 0.6 is 0 Å². The summed E-state index contributed by atoms with van der Waals surface area (Å²) in [5.74, 6) is -0.324. The molecule has 0 aromatic heterocycles. The molecule has 0 saturated heterocycles. The van der Waals surface area contributed by atoms with Crippen LogP contribution in [0.5, 0.6) is 5.75 Å². The standard InChI is InChI=1S/C17H18O5S/c1-4-21-17(18)14-7-9-15(10-8-14)22-23(19,20)16-11-12(2)5-6-13(16)3/h5-11H,4H2,1-3H3. The van der Waals surface area contributed by atoms with Crippen LogP contribution < -0.4 is 4.18 Å². The molecule has 0 unspecified atom stereocenters. The van der Waals surface area contributed by atoms with Crippen molar-refractivity contribution in [3.8, 4) is 5.75 Å². The predicted molar refractivity (Wildman–Crippen MR) is 86.1 cm³/mol. The van der Waals surface area contributed by atoms with E-state index in [1.54, 1.807) is 26.0 Å². The molecular formula is C17H18O5S. The molecule has 0 spiro atoms. The van der Waals surface area contributed by atoms with Crippen LogP contribution in [0.15, 0.2) is 47.4 Å². The van der Waals surface area contributed by atoms with Crippen LogP contribution in [-0.4, -0.2) is 21.0 Å². The number of ether oxygens (including phenoxy) is 1. The zero-order valence-corrected chi connectivity index (χ0v) is 14.0. The van der Waals surface area contributed by atoms with Gasteiger partial charge in [-0.25, -0.2) is 4.79 Å². The minimum atomic E-state index is -3.93. The smallest absolute Gasteiger partial charge is 0.339 e. The Labute approximate surface area is 136 Å². The molecule has 0 bridgehead atoms. The molecule has 6 heteroatoms. The van der Waals surface area contributed by atoms with Gasteiger partial charge < -0.3 is 8.92 Å². The Morgan fingerprint density at radius 1 is 1.04 bits per heavy atom. The summed E-state index contributed by atoms with van der Waals surface area (Å²) in [5.41, 5.74) is 1.78. The second kappa shape index (κ2) is 6.83. The molecule has 23 heavy (non-hydrogen) atoms. The molecule has 0 saturated carbocycles. The third-order valence-corrected chi connectivity index (χ3v) is 4.57. The first-order chi connectivity index (χ1) is 10.8. The van der Waals surface area contributed by atoms with Crippen LogP contribution in [0.4, 0.5) is 0 Å². The number of hydrogen-bond acceptors (Lipinski definition) is 5. The van der Waals surface area contributed by atoms with E-state index in [1.165, 1.54) is 24.3 Å². The van der Waals surface area contributed by atoms with Crippen molar-refractivity contribution in [3.05, 3.63) is 59.2 Å². The topological polar surface area (TPSA) is 69.7 Å². The van der Waals surface area contributed by atoms with Crippen LogP contribution in [0.1, 0.15) is 28.4 Å². The third kappa shape index (κ3) is 4.10. The number of benzene rings is 2. The number of carbonyl (C=O) groups is 1. The van der Waals surface area contributed by atoms with Crippen LogP contribution in [0, 0.1) is 13.8 Å². The van der Waals surface area contributed by atoms with E-state index in [2.05, 4.69) is 0 Å². The van der Waals surface area contributed by atoms with E-state index >= 15 is 0 Å². The summed E-state index contributed by atoms with van der Waals surface area (Å²) in [5, 5.41) is 0. The molecule has 5 nitrogen and oxygen atoms in total. The highest BCUT2D eigenvalue weighted by Gasteiger charge is 2.19. The fraction of sp³-hybridized carbons (Fsp3) is 0.235. The van der Waals surface area contributed by atoms with Gasteiger partial charge in [0.1, 0.15) is 10.6 Å². The fourth-order valence-electron chi connectivity index (χ4n) is 2.01. The number of aryl methyl sites for hydroxylation is 2. The monoisotopic (exact) mass is 334 g/mol. The number of rotatable bonds is 5. The number of carbonyl (C=O) groups excluding carboxylic acids is 1. The Morgan fingerprint density at radius 3 is 2.30 bits per heavy atom. The molecule has 0 N–H and O–H groups in total. The Bertz CT molecular complexity index is 807. The zero-order valence-electron chi connectivity index (χ0n) is 13.2. The molecule has 0 heterocycles. The van der Waals surface area contributed by atoms with Crippen molar-refractivity contribution < 1.29 is 22.1 Å².